The molecule has 1 N–H and O–H groups in total. The Morgan fingerprint density at radius 3 is 2.89 bits per heavy atom. The van der Waals surface area contributed by atoms with Crippen LogP contribution in [0.3, 0.4) is 0 Å². The lowest BCUT2D eigenvalue weighted by atomic mass is 10.0. The van der Waals surface area contributed by atoms with Crippen molar-refractivity contribution >= 4 is 34.7 Å². The topological polar surface area (TPSA) is 69.9 Å². The average molecular weight is 412 g/mol. The molecule has 0 aliphatic carbocycles. The van der Waals surface area contributed by atoms with Gasteiger partial charge in [-0.25, -0.2) is 4.90 Å². The number of H-pyrrole nitrogens is 1. The van der Waals surface area contributed by atoms with E-state index in [2.05, 4.69) is 11.6 Å². The summed E-state index contributed by atoms with van der Waals surface area (Å²) in [6.45, 7) is 7.27. The number of carbonyl (C=O) groups excluding carboxylic acids is 1. The van der Waals surface area contributed by atoms with E-state index in [1.165, 1.54) is 11.8 Å². The highest BCUT2D eigenvalue weighted by Crippen LogP contribution is 2.39. The first-order valence-electron chi connectivity index (χ1n) is 8.76. The van der Waals surface area contributed by atoms with Crippen molar-refractivity contribution in [3.8, 4) is 11.3 Å². The second-order valence-electron chi connectivity index (χ2n) is 6.40. The molecule has 1 amide bonds. The molecule has 0 unspecified atom stereocenters. The second-order valence-corrected chi connectivity index (χ2v) is 8.36. The van der Waals surface area contributed by atoms with Gasteiger partial charge in [0.2, 0.25) is 11.1 Å². The number of para-hydroxylation sites is 1. The Balaban J connectivity index is 2.05. The number of anilines is 1. The van der Waals surface area contributed by atoms with E-state index in [9.17, 15) is 9.59 Å². The van der Waals surface area contributed by atoms with Crippen LogP contribution in [-0.4, -0.2) is 21.7 Å². The number of amides is 1. The van der Waals surface area contributed by atoms with Crippen LogP contribution in [0.15, 0.2) is 58.3 Å². The van der Waals surface area contributed by atoms with Gasteiger partial charge in [-0.15, -0.1) is 17.9 Å². The molecule has 1 aliphatic rings. The maximum absolute atomic E-state index is 13.0. The van der Waals surface area contributed by atoms with Crippen LogP contribution in [-0.2, 0) is 4.79 Å². The number of aryl methyl sites for hydroxylation is 1. The highest BCUT2D eigenvalue weighted by molar-refractivity contribution is 7.99. The number of nitrogens with zero attached hydrogens (tertiary/aromatic N) is 3. The van der Waals surface area contributed by atoms with Crippen molar-refractivity contribution in [2.75, 3.05) is 10.7 Å². The Hall–Kier alpha value is -2.71. The number of hydrogen-bond donors (Lipinski definition) is 1. The van der Waals surface area contributed by atoms with E-state index in [0.717, 1.165) is 10.4 Å². The zero-order chi connectivity index (χ0) is 19.8. The lowest BCUT2D eigenvalue weighted by Gasteiger charge is -2.31. The van der Waals surface area contributed by atoms with E-state index in [-0.39, 0.29) is 11.5 Å². The summed E-state index contributed by atoms with van der Waals surface area (Å²) in [4.78, 5) is 31.3. The number of fused-ring (bicyclic) bond motifs is 3. The number of aromatic amines is 1. The van der Waals surface area contributed by atoms with Gasteiger partial charge in [-0.3, -0.25) is 14.6 Å². The molecule has 0 radical (unpaired) electrons. The molecule has 28 heavy (non-hydrogen) atoms. The van der Waals surface area contributed by atoms with Crippen LogP contribution in [0, 0.1) is 6.92 Å². The largest absolute Gasteiger partial charge is 0.325 e. The monoisotopic (exact) mass is 411 g/mol. The summed E-state index contributed by atoms with van der Waals surface area (Å²) >= 11 is 2.95. The van der Waals surface area contributed by atoms with Gasteiger partial charge in [-0.2, -0.15) is 0 Å². The highest BCUT2D eigenvalue weighted by Gasteiger charge is 2.45. The summed E-state index contributed by atoms with van der Waals surface area (Å²) in [6.07, 6.45) is 1.25. The van der Waals surface area contributed by atoms with Crippen LogP contribution >= 0.6 is 23.1 Å². The molecule has 1 aromatic carbocycles. The summed E-state index contributed by atoms with van der Waals surface area (Å²) in [7, 11) is 0. The van der Waals surface area contributed by atoms with Crippen molar-refractivity contribution in [3.05, 3.63) is 69.2 Å². The van der Waals surface area contributed by atoms with Crippen LogP contribution in [0.4, 0.5) is 5.69 Å². The van der Waals surface area contributed by atoms with E-state index in [0.29, 0.717) is 27.9 Å². The zero-order valence-corrected chi connectivity index (χ0v) is 17.1. The maximum Gasteiger partial charge on any atom is 0.325 e. The maximum atomic E-state index is 13.0. The lowest BCUT2D eigenvalue weighted by molar-refractivity contribution is -0.762. The lowest BCUT2D eigenvalue weighted by Crippen LogP contribution is -2.60. The van der Waals surface area contributed by atoms with Crippen LogP contribution in [0.2, 0.25) is 0 Å². The molecule has 3 aromatic rings. The third-order valence-electron chi connectivity index (χ3n) is 4.57. The smallest absolute Gasteiger partial charge is 0.291 e. The van der Waals surface area contributed by atoms with Crippen molar-refractivity contribution in [1.29, 1.82) is 0 Å². The minimum absolute atomic E-state index is 0.106. The predicted octanol–water partition coefficient (Wildman–Crippen LogP) is 3.29. The quantitative estimate of drug-likeness (QED) is 0.406. The van der Waals surface area contributed by atoms with Crippen LogP contribution in [0.25, 0.3) is 11.3 Å². The van der Waals surface area contributed by atoms with Gasteiger partial charge < -0.3 is 0 Å². The summed E-state index contributed by atoms with van der Waals surface area (Å²) in [6, 6.07) is 9.47. The number of rotatable bonds is 4. The van der Waals surface area contributed by atoms with Gasteiger partial charge in [-0.1, -0.05) is 30.0 Å². The number of carbonyl (C=O) groups is 1. The molecule has 0 saturated carbocycles. The van der Waals surface area contributed by atoms with Crippen molar-refractivity contribution in [1.82, 2.24) is 10.1 Å². The second kappa shape index (κ2) is 7.37. The van der Waals surface area contributed by atoms with Crippen molar-refractivity contribution in [2.45, 2.75) is 25.2 Å². The fourth-order valence-corrected chi connectivity index (χ4v) is 4.99. The van der Waals surface area contributed by atoms with Gasteiger partial charge in [0.15, 0.2) is 0 Å². The van der Waals surface area contributed by atoms with E-state index in [1.807, 2.05) is 42.6 Å². The summed E-state index contributed by atoms with van der Waals surface area (Å²) < 4.78 is 1.69. The van der Waals surface area contributed by atoms with Crippen LogP contribution in [0.5, 0.6) is 0 Å². The molecule has 8 heteroatoms. The number of aromatic nitrogens is 3. The third kappa shape index (κ3) is 2.98. The summed E-state index contributed by atoms with van der Waals surface area (Å²) in [5.74, 6) is 0.517. The van der Waals surface area contributed by atoms with Crippen molar-refractivity contribution in [3.63, 3.8) is 0 Å². The molecule has 2 aromatic heterocycles. The van der Waals surface area contributed by atoms with Gasteiger partial charge in [-0.05, 0) is 40.7 Å². The SMILES string of the molecule is C=CCSc1n[n+]2c(c(=O)[nH]1)-c1ccccc1N(C(C)=O)[C@@H]2c1sccc1C. The first kappa shape index (κ1) is 18.6. The number of hydrogen-bond acceptors (Lipinski definition) is 5. The molecular weight excluding hydrogens is 392 g/mol. The molecule has 0 saturated heterocycles. The molecule has 142 valence electrons. The molecule has 0 fully saturated rings. The zero-order valence-electron chi connectivity index (χ0n) is 15.5. The first-order valence-corrected chi connectivity index (χ1v) is 10.6. The van der Waals surface area contributed by atoms with Gasteiger partial charge in [0, 0.05) is 17.8 Å². The van der Waals surface area contributed by atoms with Gasteiger partial charge in [0.05, 0.1) is 11.3 Å². The Labute approximate surface area is 170 Å². The fraction of sp³-hybridized carbons (Fsp3) is 0.200. The normalized spacial score (nSPS) is 15.1. The number of thioether (sulfide) groups is 1. The molecule has 0 spiro atoms. The van der Waals surface area contributed by atoms with Crippen LogP contribution in [0.1, 0.15) is 23.5 Å². The van der Waals surface area contributed by atoms with Gasteiger partial charge in [0.25, 0.3) is 0 Å². The standard InChI is InChI=1S/C20H18N4O2S2/c1-4-10-28-20-21-18(26)16-14-7-5-6-8-15(14)23(13(3)25)19(24(16)22-20)17-12(2)9-11-27-17/h4-9,11,19H,1,10H2,2-3H3/p+1/t19-/m0/s1. The van der Waals surface area contributed by atoms with Gasteiger partial charge >= 0.3 is 17.4 Å². The predicted molar refractivity (Wildman–Crippen MR) is 112 cm³/mol. The van der Waals surface area contributed by atoms with Crippen molar-refractivity contribution < 1.29 is 9.48 Å². The minimum Gasteiger partial charge on any atom is -0.291 e. The molecular formula is C20H19N4O2S2+. The van der Waals surface area contributed by atoms with E-state index >= 15 is 0 Å². The summed E-state index contributed by atoms with van der Waals surface area (Å²) in [5, 5.41) is 7.20. The van der Waals surface area contributed by atoms with E-state index < -0.39 is 6.17 Å². The third-order valence-corrected chi connectivity index (χ3v) is 6.49. The number of thiophene rings is 1. The molecule has 0 bridgehead atoms. The Bertz CT molecular complexity index is 1140. The van der Waals surface area contributed by atoms with E-state index in [1.54, 1.807) is 33.9 Å². The molecule has 6 nitrogen and oxygen atoms in total. The molecule has 3 heterocycles. The number of nitrogens with one attached hydrogen (secondary N) is 1. The molecule has 1 aliphatic heterocycles. The molecule has 1 atom stereocenters. The van der Waals surface area contributed by atoms with Gasteiger partial charge in [0.1, 0.15) is 4.88 Å². The average Bonchev–Trinajstić information content (AvgIpc) is 3.10. The highest BCUT2D eigenvalue weighted by atomic mass is 32.2. The Kier molecular flexibility index (Phi) is 4.91. The fourth-order valence-electron chi connectivity index (χ4n) is 3.40. The van der Waals surface area contributed by atoms with E-state index in [4.69, 9.17) is 5.10 Å². The van der Waals surface area contributed by atoms with Crippen molar-refractivity contribution in [2.24, 2.45) is 0 Å². The Morgan fingerprint density at radius 2 is 2.21 bits per heavy atom. The number of benzene rings is 1. The first-order chi connectivity index (χ1) is 13.5. The molecule has 4 rings (SSSR count). The summed E-state index contributed by atoms with van der Waals surface area (Å²) in [5.41, 5.74) is 2.69. The minimum atomic E-state index is -0.507. The Morgan fingerprint density at radius 1 is 1.43 bits per heavy atom. The van der Waals surface area contributed by atoms with Crippen LogP contribution < -0.4 is 15.1 Å².